The van der Waals surface area contributed by atoms with Crippen LogP contribution in [-0.4, -0.2) is 36.8 Å². The minimum absolute atomic E-state index is 0.0290. The van der Waals surface area contributed by atoms with Gasteiger partial charge in [-0.2, -0.15) is 0 Å². The molecule has 2 bridgehead atoms. The SMILES string of the molecule is CCOc1ccccc1N1C[C@@H](C(=O)Oc2cccc(N3C(=O)[C@@H]4[C@H](C3=O)[C@H]3C=C[C@H]4C3)c2)CC1=O. The number of hydrogen-bond donors (Lipinski definition) is 0. The predicted octanol–water partition coefficient (Wildman–Crippen LogP) is 3.36. The molecule has 36 heavy (non-hydrogen) atoms. The Balaban J connectivity index is 1.16. The summed E-state index contributed by atoms with van der Waals surface area (Å²) in [7, 11) is 0. The molecule has 3 fully saturated rings. The van der Waals surface area contributed by atoms with Gasteiger partial charge < -0.3 is 14.4 Å². The molecule has 2 aliphatic heterocycles. The van der Waals surface area contributed by atoms with E-state index in [0.29, 0.717) is 23.7 Å². The highest BCUT2D eigenvalue weighted by Crippen LogP contribution is 2.53. The molecule has 4 aliphatic rings. The van der Waals surface area contributed by atoms with E-state index >= 15 is 0 Å². The predicted molar refractivity (Wildman–Crippen MR) is 130 cm³/mol. The number of esters is 1. The van der Waals surface area contributed by atoms with Gasteiger partial charge in [0, 0.05) is 19.0 Å². The van der Waals surface area contributed by atoms with Crippen LogP contribution in [0.4, 0.5) is 11.4 Å². The van der Waals surface area contributed by atoms with E-state index in [9.17, 15) is 19.2 Å². The van der Waals surface area contributed by atoms with Crippen LogP contribution in [0.25, 0.3) is 0 Å². The normalized spacial score (nSPS) is 28.2. The van der Waals surface area contributed by atoms with Crippen LogP contribution in [0.2, 0.25) is 0 Å². The number of rotatable bonds is 6. The van der Waals surface area contributed by atoms with Crippen LogP contribution in [0, 0.1) is 29.6 Å². The van der Waals surface area contributed by atoms with E-state index in [2.05, 4.69) is 12.2 Å². The minimum Gasteiger partial charge on any atom is -0.492 e. The van der Waals surface area contributed by atoms with Crippen LogP contribution in [0.15, 0.2) is 60.7 Å². The molecule has 3 amide bonds. The van der Waals surface area contributed by atoms with Crippen molar-refractivity contribution >= 4 is 35.1 Å². The molecule has 2 aromatic carbocycles. The zero-order valence-corrected chi connectivity index (χ0v) is 19.8. The maximum Gasteiger partial charge on any atom is 0.316 e. The first-order valence-electron chi connectivity index (χ1n) is 12.4. The molecule has 184 valence electrons. The van der Waals surface area contributed by atoms with Crippen LogP contribution >= 0.6 is 0 Å². The zero-order valence-electron chi connectivity index (χ0n) is 19.8. The topological polar surface area (TPSA) is 93.2 Å². The smallest absolute Gasteiger partial charge is 0.316 e. The van der Waals surface area contributed by atoms with Crippen molar-refractivity contribution in [2.75, 3.05) is 23.0 Å². The van der Waals surface area contributed by atoms with Gasteiger partial charge in [-0.3, -0.25) is 19.2 Å². The molecule has 1 saturated carbocycles. The van der Waals surface area contributed by atoms with E-state index in [4.69, 9.17) is 9.47 Å². The van der Waals surface area contributed by atoms with Gasteiger partial charge in [0.25, 0.3) is 0 Å². The van der Waals surface area contributed by atoms with Crippen molar-refractivity contribution in [2.24, 2.45) is 29.6 Å². The van der Waals surface area contributed by atoms with Gasteiger partial charge in [-0.1, -0.05) is 30.4 Å². The largest absolute Gasteiger partial charge is 0.492 e. The number of anilines is 2. The first-order valence-corrected chi connectivity index (χ1v) is 12.4. The van der Waals surface area contributed by atoms with E-state index < -0.39 is 11.9 Å². The lowest BCUT2D eigenvalue weighted by atomic mass is 9.85. The molecule has 0 aromatic heterocycles. The second-order valence-corrected chi connectivity index (χ2v) is 9.74. The number of benzene rings is 2. The first kappa shape index (κ1) is 22.5. The van der Waals surface area contributed by atoms with Gasteiger partial charge in [0.1, 0.15) is 11.5 Å². The van der Waals surface area contributed by atoms with Gasteiger partial charge in [-0.15, -0.1) is 0 Å². The fourth-order valence-corrected chi connectivity index (χ4v) is 6.10. The Bertz CT molecular complexity index is 1270. The van der Waals surface area contributed by atoms with Gasteiger partial charge in [0.2, 0.25) is 17.7 Å². The molecule has 2 saturated heterocycles. The average molecular weight is 487 g/mol. The van der Waals surface area contributed by atoms with Crippen molar-refractivity contribution in [2.45, 2.75) is 19.8 Å². The van der Waals surface area contributed by atoms with Crippen molar-refractivity contribution in [1.29, 1.82) is 0 Å². The number of amides is 3. The van der Waals surface area contributed by atoms with Crippen molar-refractivity contribution < 1.29 is 28.7 Å². The fraction of sp³-hybridized carbons (Fsp3) is 0.357. The van der Waals surface area contributed by atoms with Gasteiger partial charge >= 0.3 is 5.97 Å². The molecule has 0 spiro atoms. The molecule has 6 rings (SSSR count). The molecular formula is C28H26N2O6. The Labute approximate surface area is 208 Å². The molecule has 2 heterocycles. The second-order valence-electron chi connectivity index (χ2n) is 9.74. The summed E-state index contributed by atoms with van der Waals surface area (Å²) in [5.74, 6) is -1.26. The van der Waals surface area contributed by atoms with Crippen LogP contribution < -0.4 is 19.3 Å². The summed E-state index contributed by atoms with van der Waals surface area (Å²) in [6.07, 6.45) is 5.00. The fourth-order valence-electron chi connectivity index (χ4n) is 6.10. The molecular weight excluding hydrogens is 460 g/mol. The molecule has 5 atom stereocenters. The van der Waals surface area contributed by atoms with Crippen LogP contribution in [0.1, 0.15) is 19.8 Å². The quantitative estimate of drug-likeness (QED) is 0.269. The van der Waals surface area contributed by atoms with E-state index in [1.165, 1.54) is 4.90 Å². The lowest BCUT2D eigenvalue weighted by Crippen LogP contribution is -2.32. The third kappa shape index (κ3) is 3.51. The number of ether oxygens (including phenoxy) is 2. The van der Waals surface area contributed by atoms with E-state index in [1.54, 1.807) is 41.3 Å². The number of para-hydroxylation sites is 2. The van der Waals surface area contributed by atoms with Crippen LogP contribution in [-0.2, 0) is 19.2 Å². The molecule has 0 unspecified atom stereocenters. The standard InChI is InChI=1S/C28H26N2O6/c1-2-35-22-9-4-3-8-21(22)29-15-18(13-23(29)31)28(34)36-20-7-5-6-19(14-20)30-26(32)24-16-10-11-17(12-16)25(24)27(30)33/h3-11,14,16-18,24-25H,2,12-13,15H2,1H3/t16-,17-,18-,24-,25+/m0/s1. The number of carbonyl (C=O) groups is 4. The number of allylic oxidation sites excluding steroid dienone is 2. The summed E-state index contributed by atoms with van der Waals surface area (Å²) in [4.78, 5) is 54.7. The van der Waals surface area contributed by atoms with Gasteiger partial charge in [-0.25, -0.2) is 4.90 Å². The number of hydrogen-bond acceptors (Lipinski definition) is 6. The summed E-state index contributed by atoms with van der Waals surface area (Å²) < 4.78 is 11.3. The van der Waals surface area contributed by atoms with E-state index in [1.807, 2.05) is 19.1 Å². The number of nitrogens with zero attached hydrogens (tertiary/aromatic N) is 2. The average Bonchev–Trinajstić information content (AvgIpc) is 3.63. The lowest BCUT2D eigenvalue weighted by Gasteiger charge is -2.20. The van der Waals surface area contributed by atoms with Gasteiger partial charge in [0.15, 0.2) is 0 Å². The molecule has 8 heteroatoms. The summed E-state index contributed by atoms with van der Waals surface area (Å²) >= 11 is 0. The number of imide groups is 1. The maximum absolute atomic E-state index is 13.1. The van der Waals surface area contributed by atoms with Crippen molar-refractivity contribution in [1.82, 2.24) is 0 Å². The lowest BCUT2D eigenvalue weighted by molar-refractivity contribution is -0.139. The molecule has 2 aromatic rings. The van der Waals surface area contributed by atoms with Crippen molar-refractivity contribution in [3.8, 4) is 11.5 Å². The highest BCUT2D eigenvalue weighted by molar-refractivity contribution is 6.22. The first-order chi connectivity index (χ1) is 17.5. The van der Waals surface area contributed by atoms with E-state index in [-0.39, 0.29) is 60.1 Å². The summed E-state index contributed by atoms with van der Waals surface area (Å²) in [5.41, 5.74) is 1.03. The Morgan fingerprint density at radius 1 is 0.972 bits per heavy atom. The number of fused-ring (bicyclic) bond motifs is 5. The summed E-state index contributed by atoms with van der Waals surface area (Å²) in [6.45, 7) is 2.51. The highest BCUT2D eigenvalue weighted by atomic mass is 16.5. The Morgan fingerprint density at radius 2 is 1.69 bits per heavy atom. The monoisotopic (exact) mass is 486 g/mol. The van der Waals surface area contributed by atoms with Gasteiger partial charge in [-0.05, 0) is 49.4 Å². The van der Waals surface area contributed by atoms with Crippen molar-refractivity contribution in [3.63, 3.8) is 0 Å². The summed E-state index contributed by atoms with van der Waals surface area (Å²) in [5, 5.41) is 0. The minimum atomic E-state index is -0.646. The second kappa shape index (κ2) is 8.62. The molecule has 2 aliphatic carbocycles. The molecule has 8 nitrogen and oxygen atoms in total. The molecule has 0 radical (unpaired) electrons. The third-order valence-electron chi connectivity index (χ3n) is 7.68. The third-order valence-corrected chi connectivity index (χ3v) is 7.68. The Morgan fingerprint density at radius 3 is 2.42 bits per heavy atom. The maximum atomic E-state index is 13.1. The Kier molecular flexibility index (Phi) is 5.39. The van der Waals surface area contributed by atoms with E-state index in [0.717, 1.165) is 6.42 Å². The van der Waals surface area contributed by atoms with Crippen molar-refractivity contribution in [3.05, 3.63) is 60.7 Å². The Hall–Kier alpha value is -3.94. The zero-order chi connectivity index (χ0) is 25.0. The number of carbonyl (C=O) groups excluding carboxylic acids is 4. The van der Waals surface area contributed by atoms with Crippen LogP contribution in [0.3, 0.4) is 0 Å². The van der Waals surface area contributed by atoms with Crippen LogP contribution in [0.5, 0.6) is 11.5 Å². The summed E-state index contributed by atoms with van der Waals surface area (Å²) in [6, 6.07) is 13.7. The highest BCUT2D eigenvalue weighted by Gasteiger charge is 2.59. The van der Waals surface area contributed by atoms with Gasteiger partial charge in [0.05, 0.1) is 35.7 Å². The molecule has 0 N–H and O–H groups in total.